The van der Waals surface area contributed by atoms with Crippen LogP contribution in [0.2, 0.25) is 0 Å². The van der Waals surface area contributed by atoms with E-state index in [2.05, 4.69) is 17.1 Å². The van der Waals surface area contributed by atoms with E-state index in [-0.39, 0.29) is 11.9 Å². The summed E-state index contributed by atoms with van der Waals surface area (Å²) in [5.74, 6) is 2.82. The van der Waals surface area contributed by atoms with Crippen molar-refractivity contribution >= 4 is 5.91 Å². The van der Waals surface area contributed by atoms with E-state index in [1.807, 2.05) is 4.90 Å². The van der Waals surface area contributed by atoms with Gasteiger partial charge >= 0.3 is 0 Å². The topological polar surface area (TPSA) is 85.2 Å². The number of aromatic nitrogens is 2. The number of rotatable bonds is 6. The Labute approximate surface area is 131 Å². The molecule has 3 unspecified atom stereocenters. The Morgan fingerprint density at radius 3 is 3.00 bits per heavy atom. The number of carbonyl (C=O) groups is 1. The summed E-state index contributed by atoms with van der Waals surface area (Å²) in [6, 6.07) is 0.290. The largest absolute Gasteiger partial charge is 0.342 e. The minimum Gasteiger partial charge on any atom is -0.342 e. The fraction of sp³-hybridized carbons (Fsp3) is 0.812. The number of hydrogen-bond acceptors (Lipinski definition) is 5. The van der Waals surface area contributed by atoms with E-state index in [9.17, 15) is 4.79 Å². The van der Waals surface area contributed by atoms with E-state index < -0.39 is 0 Å². The van der Waals surface area contributed by atoms with Crippen molar-refractivity contribution in [3.8, 4) is 0 Å². The van der Waals surface area contributed by atoms with Crippen molar-refractivity contribution in [1.82, 2.24) is 15.0 Å². The Morgan fingerprint density at radius 2 is 2.23 bits per heavy atom. The van der Waals surface area contributed by atoms with E-state index in [4.69, 9.17) is 10.3 Å². The zero-order chi connectivity index (χ0) is 15.5. The monoisotopic (exact) mass is 306 g/mol. The van der Waals surface area contributed by atoms with E-state index in [1.54, 1.807) is 0 Å². The SMILES string of the molecule is CCCc1noc(CCCC(=O)N2CC3CCC(N)C3C2)n1. The van der Waals surface area contributed by atoms with E-state index in [1.165, 1.54) is 6.42 Å². The van der Waals surface area contributed by atoms with Gasteiger partial charge in [0.05, 0.1) is 0 Å². The van der Waals surface area contributed by atoms with Crippen molar-refractivity contribution in [3.05, 3.63) is 11.7 Å². The van der Waals surface area contributed by atoms with Crippen LogP contribution in [-0.2, 0) is 17.6 Å². The highest BCUT2D eigenvalue weighted by Crippen LogP contribution is 2.37. The first-order chi connectivity index (χ1) is 10.7. The molecule has 122 valence electrons. The fourth-order valence-corrected chi connectivity index (χ4v) is 3.78. The van der Waals surface area contributed by atoms with Gasteiger partial charge in [-0.1, -0.05) is 12.1 Å². The fourth-order valence-electron chi connectivity index (χ4n) is 3.78. The lowest BCUT2D eigenvalue weighted by molar-refractivity contribution is -0.130. The normalized spacial score (nSPS) is 27.4. The summed E-state index contributed by atoms with van der Waals surface area (Å²) in [6.45, 7) is 3.84. The smallest absolute Gasteiger partial charge is 0.226 e. The molecule has 1 aliphatic heterocycles. The summed E-state index contributed by atoms with van der Waals surface area (Å²) >= 11 is 0. The lowest BCUT2D eigenvalue weighted by atomic mass is 9.98. The molecule has 2 N–H and O–H groups in total. The van der Waals surface area contributed by atoms with Gasteiger partial charge in [-0.05, 0) is 37.5 Å². The third-order valence-corrected chi connectivity index (χ3v) is 5.03. The number of aryl methyl sites for hydroxylation is 2. The molecule has 0 radical (unpaired) electrons. The van der Waals surface area contributed by atoms with Gasteiger partial charge in [0.15, 0.2) is 5.82 Å². The van der Waals surface area contributed by atoms with Crippen LogP contribution in [0.5, 0.6) is 0 Å². The summed E-state index contributed by atoms with van der Waals surface area (Å²) in [7, 11) is 0. The lowest BCUT2D eigenvalue weighted by Crippen LogP contribution is -2.33. The number of fused-ring (bicyclic) bond motifs is 1. The number of carbonyl (C=O) groups excluding carboxylic acids is 1. The summed E-state index contributed by atoms with van der Waals surface area (Å²) in [6.07, 6.45) is 6.16. The predicted octanol–water partition coefficient (Wildman–Crippen LogP) is 1.54. The third-order valence-electron chi connectivity index (χ3n) is 5.03. The summed E-state index contributed by atoms with van der Waals surface area (Å²) in [4.78, 5) is 18.6. The van der Waals surface area contributed by atoms with Gasteiger partial charge in [-0.25, -0.2) is 0 Å². The van der Waals surface area contributed by atoms with Crippen LogP contribution in [0, 0.1) is 11.8 Å². The summed E-state index contributed by atoms with van der Waals surface area (Å²) < 4.78 is 5.20. The highest BCUT2D eigenvalue weighted by atomic mass is 16.5. The number of hydrogen-bond donors (Lipinski definition) is 1. The van der Waals surface area contributed by atoms with Crippen LogP contribution in [-0.4, -0.2) is 40.1 Å². The quantitative estimate of drug-likeness (QED) is 0.861. The van der Waals surface area contributed by atoms with Crippen LogP contribution >= 0.6 is 0 Å². The number of likely N-dealkylation sites (tertiary alicyclic amines) is 1. The van der Waals surface area contributed by atoms with Crippen molar-refractivity contribution in [2.24, 2.45) is 17.6 Å². The molecule has 0 bridgehead atoms. The first-order valence-corrected chi connectivity index (χ1v) is 8.52. The standard InChI is InChI=1S/C16H26N4O2/c1-2-4-14-18-15(22-19-14)5-3-6-16(21)20-9-11-7-8-13(17)12(11)10-20/h11-13H,2-10,17H2,1H3. The Hall–Kier alpha value is -1.43. The molecule has 2 aliphatic rings. The Morgan fingerprint density at radius 1 is 1.36 bits per heavy atom. The van der Waals surface area contributed by atoms with Crippen LogP contribution in [0.3, 0.4) is 0 Å². The van der Waals surface area contributed by atoms with Crippen LogP contribution in [0.1, 0.15) is 50.7 Å². The number of nitrogens with zero attached hydrogens (tertiary/aromatic N) is 3. The molecule has 0 aromatic carbocycles. The predicted molar refractivity (Wildman–Crippen MR) is 82.0 cm³/mol. The summed E-state index contributed by atoms with van der Waals surface area (Å²) in [5, 5.41) is 3.93. The lowest BCUT2D eigenvalue weighted by Gasteiger charge is -2.18. The molecule has 3 atom stereocenters. The summed E-state index contributed by atoms with van der Waals surface area (Å²) in [5.41, 5.74) is 6.12. The van der Waals surface area contributed by atoms with Crippen molar-refractivity contribution < 1.29 is 9.32 Å². The average Bonchev–Trinajstić information content (AvgIpc) is 3.18. The van der Waals surface area contributed by atoms with Gasteiger partial charge in [0, 0.05) is 38.4 Å². The zero-order valence-corrected chi connectivity index (χ0v) is 13.3. The Bertz CT molecular complexity index is 516. The van der Waals surface area contributed by atoms with E-state index >= 15 is 0 Å². The second kappa shape index (κ2) is 6.77. The first kappa shape index (κ1) is 15.5. The van der Waals surface area contributed by atoms with Crippen molar-refractivity contribution in [2.45, 2.75) is 57.9 Å². The molecule has 6 nitrogen and oxygen atoms in total. The first-order valence-electron chi connectivity index (χ1n) is 8.52. The van der Waals surface area contributed by atoms with Gasteiger partial charge < -0.3 is 15.2 Å². The maximum Gasteiger partial charge on any atom is 0.226 e. The zero-order valence-electron chi connectivity index (χ0n) is 13.3. The van der Waals surface area contributed by atoms with Gasteiger partial charge in [-0.15, -0.1) is 0 Å². The number of nitrogens with two attached hydrogens (primary N) is 1. The van der Waals surface area contributed by atoms with Crippen LogP contribution in [0.4, 0.5) is 0 Å². The molecule has 3 rings (SSSR count). The van der Waals surface area contributed by atoms with Crippen molar-refractivity contribution in [1.29, 1.82) is 0 Å². The molecule has 2 fully saturated rings. The minimum atomic E-state index is 0.245. The molecule has 1 aromatic rings. The maximum atomic E-state index is 12.3. The van der Waals surface area contributed by atoms with E-state index in [0.29, 0.717) is 30.6 Å². The molecule has 1 saturated carbocycles. The Balaban J connectivity index is 1.41. The van der Waals surface area contributed by atoms with Crippen LogP contribution in [0.25, 0.3) is 0 Å². The third kappa shape index (κ3) is 3.32. The van der Waals surface area contributed by atoms with Crippen molar-refractivity contribution in [3.63, 3.8) is 0 Å². The molecule has 0 spiro atoms. The van der Waals surface area contributed by atoms with Gasteiger partial charge in [0.2, 0.25) is 11.8 Å². The minimum absolute atomic E-state index is 0.245. The van der Waals surface area contributed by atoms with Gasteiger partial charge in [-0.3, -0.25) is 4.79 Å². The molecule has 22 heavy (non-hydrogen) atoms. The Kier molecular flexibility index (Phi) is 4.76. The molecule has 1 amide bonds. The number of amides is 1. The van der Waals surface area contributed by atoms with Crippen molar-refractivity contribution in [2.75, 3.05) is 13.1 Å². The highest BCUT2D eigenvalue weighted by Gasteiger charge is 2.42. The highest BCUT2D eigenvalue weighted by molar-refractivity contribution is 5.76. The van der Waals surface area contributed by atoms with Gasteiger partial charge in [0.25, 0.3) is 0 Å². The molecule has 6 heteroatoms. The second-order valence-electron chi connectivity index (χ2n) is 6.67. The molecule has 1 saturated heterocycles. The molecular weight excluding hydrogens is 280 g/mol. The molecular formula is C16H26N4O2. The van der Waals surface area contributed by atoms with Crippen LogP contribution < -0.4 is 5.73 Å². The van der Waals surface area contributed by atoms with E-state index in [0.717, 1.165) is 44.6 Å². The average molecular weight is 306 g/mol. The molecule has 2 heterocycles. The second-order valence-corrected chi connectivity index (χ2v) is 6.67. The van der Waals surface area contributed by atoms with Crippen LogP contribution in [0.15, 0.2) is 4.52 Å². The maximum absolute atomic E-state index is 12.3. The molecule has 1 aliphatic carbocycles. The molecule has 1 aromatic heterocycles. The van der Waals surface area contributed by atoms with Gasteiger partial charge in [0.1, 0.15) is 0 Å². The van der Waals surface area contributed by atoms with Gasteiger partial charge in [-0.2, -0.15) is 4.98 Å².